The number of hydrogen-bond donors (Lipinski definition) is 3. The van der Waals surface area contributed by atoms with Crippen LogP contribution in [0.3, 0.4) is 0 Å². The van der Waals surface area contributed by atoms with Gasteiger partial charge in [0.05, 0.1) is 0 Å². The molecule has 0 bridgehead atoms. The molecule has 0 aromatic carbocycles. The first-order valence-corrected chi connectivity index (χ1v) is 13.0. The summed E-state index contributed by atoms with van der Waals surface area (Å²) in [5.74, 6) is -0.903. The van der Waals surface area contributed by atoms with E-state index < -0.39 is 18.0 Å². The van der Waals surface area contributed by atoms with Gasteiger partial charge < -0.3 is 20.7 Å². The van der Waals surface area contributed by atoms with Crippen molar-refractivity contribution in [2.75, 3.05) is 0 Å². The topological polar surface area (TPSA) is 161 Å². The number of nitrogens with two attached hydrogens (primary N) is 1. The average molecular weight is 506 g/mol. The Morgan fingerprint density at radius 3 is 2.28 bits per heavy atom. The molecule has 200 valence electrons. The van der Waals surface area contributed by atoms with Gasteiger partial charge in [-0.2, -0.15) is 0 Å². The number of carboxylic acids is 2. The lowest BCUT2D eigenvalue weighted by atomic mass is 9.45. The van der Waals surface area contributed by atoms with Crippen LogP contribution in [0, 0.1) is 34.5 Å². The first-order chi connectivity index (χ1) is 16.8. The maximum absolute atomic E-state index is 13.2. The number of esters is 1. The Balaban J connectivity index is 0.000000392. The van der Waals surface area contributed by atoms with Crippen molar-refractivity contribution in [1.82, 2.24) is 0 Å². The summed E-state index contributed by atoms with van der Waals surface area (Å²) in [7, 11) is 0. The molecule has 1 unspecified atom stereocenters. The molecule has 9 heteroatoms. The first-order valence-electron chi connectivity index (χ1n) is 13.0. The van der Waals surface area contributed by atoms with Crippen LogP contribution >= 0.6 is 0 Å². The SMILES string of the molecule is CC[C@H](N)C(=O)O[C@H]1CC[C@@]2(C)C(C1)C(=O)C[C@@H]1[C@@H]2CC[C@]2(C)C(=O)CC[C@@H]12.O=C(O)/C=C/C(=O)O. The highest BCUT2D eigenvalue weighted by Gasteiger charge is 2.62. The number of aliphatic carboxylic acids is 2. The average Bonchev–Trinajstić information content (AvgIpc) is 3.13. The third-order valence-electron chi connectivity index (χ3n) is 9.51. The van der Waals surface area contributed by atoms with Gasteiger partial charge in [-0.15, -0.1) is 0 Å². The second-order valence-corrected chi connectivity index (χ2v) is 11.4. The van der Waals surface area contributed by atoms with Crippen molar-refractivity contribution in [3.05, 3.63) is 12.2 Å². The minimum absolute atomic E-state index is 0.0251. The van der Waals surface area contributed by atoms with E-state index in [1.807, 2.05) is 6.92 Å². The monoisotopic (exact) mass is 505 g/mol. The van der Waals surface area contributed by atoms with Crippen LogP contribution in [-0.4, -0.2) is 51.8 Å². The van der Waals surface area contributed by atoms with E-state index in [1.165, 1.54) is 0 Å². The number of carbonyl (C=O) groups excluding carboxylic acids is 3. The van der Waals surface area contributed by atoms with E-state index in [0.29, 0.717) is 67.2 Å². The van der Waals surface area contributed by atoms with Crippen molar-refractivity contribution in [3.8, 4) is 0 Å². The van der Waals surface area contributed by atoms with Gasteiger partial charge in [0, 0.05) is 36.3 Å². The molecule has 4 saturated carbocycles. The molecule has 4 N–H and O–H groups in total. The van der Waals surface area contributed by atoms with Crippen molar-refractivity contribution in [3.63, 3.8) is 0 Å². The van der Waals surface area contributed by atoms with Gasteiger partial charge in [-0.25, -0.2) is 9.59 Å². The van der Waals surface area contributed by atoms with Gasteiger partial charge in [0.2, 0.25) is 0 Å². The second-order valence-electron chi connectivity index (χ2n) is 11.4. The fourth-order valence-corrected chi connectivity index (χ4v) is 7.44. The van der Waals surface area contributed by atoms with Crippen LogP contribution in [0.25, 0.3) is 0 Å². The van der Waals surface area contributed by atoms with Crippen LogP contribution in [0.2, 0.25) is 0 Å². The minimum atomic E-state index is -1.26. The summed E-state index contributed by atoms with van der Waals surface area (Å²) in [6.45, 7) is 6.32. The van der Waals surface area contributed by atoms with Crippen molar-refractivity contribution >= 4 is 29.5 Å². The second kappa shape index (κ2) is 10.8. The fraction of sp³-hybridized carbons (Fsp3) is 0.741. The lowest BCUT2D eigenvalue weighted by molar-refractivity contribution is -0.170. The molecule has 0 saturated heterocycles. The summed E-state index contributed by atoms with van der Waals surface area (Å²) in [5, 5.41) is 15.6. The third-order valence-corrected chi connectivity index (χ3v) is 9.51. The number of ketones is 2. The van der Waals surface area contributed by atoms with Gasteiger partial charge in [-0.3, -0.25) is 14.4 Å². The standard InChI is InChI=1S/C23H35NO4.C4H4O4/c1-4-18(24)21(27)28-13-7-9-22(2)16-8-10-23(3)15(5-6-20(23)26)14(16)12-19(25)17(22)11-13;5-3(6)1-2-4(7)8/h13-18H,4-12,24H2,1-3H3;1-2H,(H,5,6)(H,7,8)/b;2-1+/t13-,14-,15-,16-,17?,18-,22+,23-;/m0./s1. The van der Waals surface area contributed by atoms with Crippen LogP contribution in [0.4, 0.5) is 0 Å². The van der Waals surface area contributed by atoms with Crippen LogP contribution < -0.4 is 5.73 Å². The molecule has 4 aliphatic carbocycles. The van der Waals surface area contributed by atoms with Crippen LogP contribution in [0.15, 0.2) is 12.2 Å². The van der Waals surface area contributed by atoms with Gasteiger partial charge in [-0.1, -0.05) is 20.8 Å². The van der Waals surface area contributed by atoms with Crippen LogP contribution in [-0.2, 0) is 28.7 Å². The Bertz CT molecular complexity index is 928. The molecule has 0 amide bonds. The number of carboxylic acid groups (broad SMARTS) is 2. The van der Waals surface area contributed by atoms with Crippen molar-refractivity contribution in [1.29, 1.82) is 0 Å². The van der Waals surface area contributed by atoms with Gasteiger partial charge in [0.15, 0.2) is 0 Å². The lowest BCUT2D eigenvalue weighted by Crippen LogP contribution is -2.57. The van der Waals surface area contributed by atoms with E-state index in [1.54, 1.807) is 0 Å². The smallest absolute Gasteiger partial charge is 0.328 e. The Hall–Kier alpha value is -2.55. The van der Waals surface area contributed by atoms with Gasteiger partial charge in [0.1, 0.15) is 23.7 Å². The maximum atomic E-state index is 13.2. The van der Waals surface area contributed by atoms with E-state index in [4.69, 9.17) is 20.7 Å². The molecule has 8 atom stereocenters. The molecule has 0 spiro atoms. The lowest BCUT2D eigenvalue weighted by Gasteiger charge is -2.59. The molecular weight excluding hydrogens is 466 g/mol. The molecule has 4 fully saturated rings. The molecule has 9 nitrogen and oxygen atoms in total. The summed E-state index contributed by atoms with van der Waals surface area (Å²) in [5.41, 5.74) is 5.58. The van der Waals surface area contributed by atoms with Crippen molar-refractivity contribution in [2.24, 2.45) is 40.2 Å². The van der Waals surface area contributed by atoms with Gasteiger partial charge in [0.25, 0.3) is 0 Å². The zero-order valence-electron chi connectivity index (χ0n) is 21.4. The van der Waals surface area contributed by atoms with Crippen molar-refractivity contribution in [2.45, 2.75) is 90.7 Å². The van der Waals surface area contributed by atoms with Crippen LogP contribution in [0.1, 0.15) is 78.6 Å². The Morgan fingerprint density at radius 2 is 1.69 bits per heavy atom. The molecule has 0 aliphatic heterocycles. The zero-order chi connectivity index (χ0) is 26.8. The summed E-state index contributed by atoms with van der Waals surface area (Å²) in [6, 6.07) is -0.573. The van der Waals surface area contributed by atoms with Crippen molar-refractivity contribution < 1.29 is 38.9 Å². The number of fused-ring (bicyclic) bond motifs is 5. The normalized spacial score (nSPS) is 38.2. The molecular formula is C27H39NO8. The van der Waals surface area contributed by atoms with Gasteiger partial charge >= 0.3 is 17.9 Å². The Labute approximate surface area is 211 Å². The maximum Gasteiger partial charge on any atom is 0.328 e. The predicted octanol–water partition coefficient (Wildman–Crippen LogP) is 3.14. The minimum Gasteiger partial charge on any atom is -0.478 e. The van der Waals surface area contributed by atoms with Crippen LogP contribution in [0.5, 0.6) is 0 Å². The highest BCUT2D eigenvalue weighted by Crippen LogP contribution is 2.64. The molecule has 0 heterocycles. The number of hydrogen-bond acceptors (Lipinski definition) is 7. The van der Waals surface area contributed by atoms with E-state index >= 15 is 0 Å². The summed E-state index contributed by atoms with van der Waals surface area (Å²) < 4.78 is 5.66. The van der Waals surface area contributed by atoms with E-state index in [0.717, 1.165) is 32.1 Å². The molecule has 36 heavy (non-hydrogen) atoms. The highest BCUT2D eigenvalue weighted by atomic mass is 16.5. The number of ether oxygens (including phenoxy) is 1. The summed E-state index contributed by atoms with van der Waals surface area (Å²) in [4.78, 5) is 57.0. The number of carbonyl (C=O) groups is 5. The Kier molecular flexibility index (Phi) is 8.43. The molecule has 4 aliphatic rings. The number of rotatable bonds is 5. The molecule has 0 aromatic heterocycles. The molecule has 0 radical (unpaired) electrons. The quantitative estimate of drug-likeness (QED) is 0.376. The molecule has 4 rings (SSSR count). The first kappa shape index (κ1) is 28.0. The predicted molar refractivity (Wildman–Crippen MR) is 130 cm³/mol. The largest absolute Gasteiger partial charge is 0.478 e. The fourth-order valence-electron chi connectivity index (χ4n) is 7.44. The third kappa shape index (κ3) is 5.41. The summed E-state index contributed by atoms with van der Waals surface area (Å²) in [6.07, 6.45) is 8.13. The van der Waals surface area contributed by atoms with E-state index in [9.17, 15) is 24.0 Å². The van der Waals surface area contributed by atoms with E-state index in [2.05, 4.69) is 13.8 Å². The summed E-state index contributed by atoms with van der Waals surface area (Å²) >= 11 is 0. The number of Topliss-reactive ketones (excluding diaryl/α,β-unsaturated/α-hetero) is 2. The molecule has 0 aromatic rings. The zero-order valence-corrected chi connectivity index (χ0v) is 21.4. The van der Waals surface area contributed by atoms with Gasteiger partial charge in [-0.05, 0) is 68.1 Å². The van der Waals surface area contributed by atoms with E-state index in [-0.39, 0.29) is 28.8 Å². The highest BCUT2D eigenvalue weighted by molar-refractivity contribution is 5.90. The Morgan fingerprint density at radius 1 is 1.06 bits per heavy atom.